The molecule has 0 aliphatic carbocycles. The predicted octanol–water partition coefficient (Wildman–Crippen LogP) is 1.91. The van der Waals surface area contributed by atoms with Crippen molar-refractivity contribution in [2.45, 2.75) is 31.1 Å². The van der Waals surface area contributed by atoms with Crippen LogP contribution in [0.5, 0.6) is 0 Å². The molecule has 1 aromatic rings. The molecule has 0 aromatic carbocycles. The molecule has 19 heavy (non-hydrogen) atoms. The second-order valence-corrected chi connectivity index (χ2v) is 6.48. The third-order valence-electron chi connectivity index (χ3n) is 2.70. The summed E-state index contributed by atoms with van der Waals surface area (Å²) in [5.74, 6) is 0. The number of nitrogens with zero attached hydrogens (tertiary/aromatic N) is 2. The van der Waals surface area contributed by atoms with Gasteiger partial charge in [-0.05, 0) is 18.6 Å². The minimum absolute atomic E-state index is 0.0919. The molecule has 1 heterocycles. The maximum absolute atomic E-state index is 12.4. The van der Waals surface area contributed by atoms with Gasteiger partial charge in [-0.3, -0.25) is 0 Å². The Hall–Kier alpha value is -0.690. The molecule has 0 saturated carbocycles. The van der Waals surface area contributed by atoms with Gasteiger partial charge in [-0.15, -0.1) is 0 Å². The summed E-state index contributed by atoms with van der Waals surface area (Å²) < 4.78 is 26.0. The molecule has 0 amide bonds. The highest BCUT2D eigenvalue weighted by atomic mass is 35.5. The predicted molar refractivity (Wildman–Crippen MR) is 74.6 cm³/mol. The Labute approximate surface area is 119 Å². The average molecular weight is 307 g/mol. The zero-order valence-electron chi connectivity index (χ0n) is 10.9. The summed E-state index contributed by atoms with van der Waals surface area (Å²) in [7, 11) is -3.61. The number of rotatable bonds is 8. The van der Waals surface area contributed by atoms with Crippen molar-refractivity contribution < 1.29 is 13.5 Å². The average Bonchev–Trinajstić information content (AvgIpc) is 2.38. The summed E-state index contributed by atoms with van der Waals surface area (Å²) in [5.41, 5.74) is 0. The molecule has 7 heteroatoms. The van der Waals surface area contributed by atoms with Crippen LogP contribution < -0.4 is 0 Å². The van der Waals surface area contributed by atoms with E-state index in [-0.39, 0.29) is 23.2 Å². The third kappa shape index (κ3) is 4.72. The first kappa shape index (κ1) is 16.4. The number of hydrogen-bond acceptors (Lipinski definition) is 4. The highest BCUT2D eigenvalue weighted by Gasteiger charge is 2.23. The van der Waals surface area contributed by atoms with E-state index < -0.39 is 10.0 Å². The van der Waals surface area contributed by atoms with Crippen LogP contribution in [0.25, 0.3) is 0 Å². The monoisotopic (exact) mass is 306 g/mol. The van der Waals surface area contributed by atoms with Crippen molar-refractivity contribution in [1.29, 1.82) is 0 Å². The molecule has 0 spiro atoms. The van der Waals surface area contributed by atoms with Crippen molar-refractivity contribution in [2.75, 3.05) is 19.7 Å². The van der Waals surface area contributed by atoms with E-state index in [2.05, 4.69) is 4.98 Å². The standard InChI is InChI=1S/C12H19ClN2O3S/c1-2-3-4-7-15(8-9-16)19(17,18)11-5-6-12(13)14-10-11/h5-6,10,16H,2-4,7-9H2,1H3. The Morgan fingerprint density at radius 1 is 1.32 bits per heavy atom. The molecule has 5 nitrogen and oxygen atoms in total. The molecule has 0 aliphatic heterocycles. The molecule has 0 bridgehead atoms. The van der Waals surface area contributed by atoms with E-state index in [1.165, 1.54) is 22.6 Å². The van der Waals surface area contributed by atoms with Crippen LogP contribution >= 0.6 is 11.6 Å². The van der Waals surface area contributed by atoms with Gasteiger partial charge in [0.15, 0.2) is 0 Å². The van der Waals surface area contributed by atoms with Crippen LogP contribution in [0.1, 0.15) is 26.2 Å². The molecule has 0 atom stereocenters. The van der Waals surface area contributed by atoms with Crippen LogP contribution in [0.4, 0.5) is 0 Å². The molecule has 0 unspecified atom stereocenters. The number of pyridine rings is 1. The normalized spacial score (nSPS) is 12.0. The van der Waals surface area contributed by atoms with E-state index in [9.17, 15) is 8.42 Å². The second kappa shape index (κ2) is 7.79. The van der Waals surface area contributed by atoms with Gasteiger partial charge in [0.1, 0.15) is 10.0 Å². The fourth-order valence-corrected chi connectivity index (χ4v) is 3.19. The molecule has 108 valence electrons. The van der Waals surface area contributed by atoms with Gasteiger partial charge in [0.2, 0.25) is 10.0 Å². The van der Waals surface area contributed by atoms with Gasteiger partial charge in [0, 0.05) is 19.3 Å². The van der Waals surface area contributed by atoms with Crippen molar-refractivity contribution >= 4 is 21.6 Å². The van der Waals surface area contributed by atoms with E-state index in [0.717, 1.165) is 19.3 Å². The topological polar surface area (TPSA) is 70.5 Å². The lowest BCUT2D eigenvalue weighted by atomic mass is 10.2. The van der Waals surface area contributed by atoms with Crippen LogP contribution in [-0.4, -0.2) is 42.5 Å². The lowest BCUT2D eigenvalue weighted by molar-refractivity contribution is 0.252. The molecular weight excluding hydrogens is 288 g/mol. The van der Waals surface area contributed by atoms with Gasteiger partial charge in [0.05, 0.1) is 6.61 Å². The van der Waals surface area contributed by atoms with Gasteiger partial charge in [-0.1, -0.05) is 31.4 Å². The van der Waals surface area contributed by atoms with Gasteiger partial charge < -0.3 is 5.11 Å². The molecule has 1 aromatic heterocycles. The summed E-state index contributed by atoms with van der Waals surface area (Å²) in [4.78, 5) is 3.88. The number of halogens is 1. The van der Waals surface area contributed by atoms with E-state index in [1.54, 1.807) is 0 Å². The van der Waals surface area contributed by atoms with E-state index >= 15 is 0 Å². The van der Waals surface area contributed by atoms with Gasteiger partial charge in [-0.2, -0.15) is 4.31 Å². The number of aromatic nitrogens is 1. The minimum Gasteiger partial charge on any atom is -0.395 e. The maximum atomic E-state index is 12.4. The number of hydrogen-bond donors (Lipinski definition) is 1. The summed E-state index contributed by atoms with van der Waals surface area (Å²) >= 11 is 5.65. The highest BCUT2D eigenvalue weighted by Crippen LogP contribution is 2.17. The Kier molecular flexibility index (Phi) is 6.71. The van der Waals surface area contributed by atoms with Crippen LogP contribution in [0, 0.1) is 0 Å². The van der Waals surface area contributed by atoms with Crippen molar-refractivity contribution in [2.24, 2.45) is 0 Å². The Morgan fingerprint density at radius 2 is 2.05 bits per heavy atom. The summed E-state index contributed by atoms with van der Waals surface area (Å²) in [5, 5.41) is 9.25. The summed E-state index contributed by atoms with van der Waals surface area (Å²) in [6, 6.07) is 2.87. The minimum atomic E-state index is -3.61. The highest BCUT2D eigenvalue weighted by molar-refractivity contribution is 7.89. The fraction of sp³-hybridized carbons (Fsp3) is 0.583. The van der Waals surface area contributed by atoms with E-state index in [0.29, 0.717) is 6.54 Å². The van der Waals surface area contributed by atoms with Crippen molar-refractivity contribution in [3.05, 3.63) is 23.5 Å². The first-order valence-electron chi connectivity index (χ1n) is 6.25. The van der Waals surface area contributed by atoms with Crippen LogP contribution in [0.2, 0.25) is 5.15 Å². The van der Waals surface area contributed by atoms with Crippen LogP contribution in [0.3, 0.4) is 0 Å². The molecule has 1 rings (SSSR count). The largest absolute Gasteiger partial charge is 0.395 e. The second-order valence-electron chi connectivity index (χ2n) is 4.15. The smallest absolute Gasteiger partial charge is 0.244 e. The number of unbranched alkanes of at least 4 members (excludes halogenated alkanes) is 2. The maximum Gasteiger partial charge on any atom is 0.244 e. The van der Waals surface area contributed by atoms with E-state index in [4.69, 9.17) is 16.7 Å². The zero-order chi connectivity index (χ0) is 14.3. The first-order chi connectivity index (χ1) is 9.02. The van der Waals surface area contributed by atoms with Crippen molar-refractivity contribution in [3.8, 4) is 0 Å². The lowest BCUT2D eigenvalue weighted by Crippen LogP contribution is -2.34. The van der Waals surface area contributed by atoms with Crippen LogP contribution in [0.15, 0.2) is 23.2 Å². The number of aliphatic hydroxyl groups is 1. The number of aliphatic hydroxyl groups excluding tert-OH is 1. The molecule has 0 saturated heterocycles. The molecule has 0 fully saturated rings. The lowest BCUT2D eigenvalue weighted by Gasteiger charge is -2.21. The van der Waals surface area contributed by atoms with Crippen LogP contribution in [-0.2, 0) is 10.0 Å². The Bertz CT molecular complexity index is 476. The van der Waals surface area contributed by atoms with Gasteiger partial charge >= 0.3 is 0 Å². The molecule has 0 aliphatic rings. The SMILES string of the molecule is CCCCCN(CCO)S(=O)(=O)c1ccc(Cl)nc1. The number of sulfonamides is 1. The molecule has 1 N–H and O–H groups in total. The Balaban J connectivity index is 2.88. The first-order valence-corrected chi connectivity index (χ1v) is 8.06. The molecule has 0 radical (unpaired) electrons. The van der Waals surface area contributed by atoms with Crippen molar-refractivity contribution in [3.63, 3.8) is 0 Å². The molecular formula is C12H19ClN2O3S. The van der Waals surface area contributed by atoms with E-state index in [1.807, 2.05) is 6.92 Å². The quantitative estimate of drug-likeness (QED) is 0.588. The summed E-state index contributed by atoms with van der Waals surface area (Å²) in [6.45, 7) is 2.34. The third-order valence-corrected chi connectivity index (χ3v) is 4.80. The Morgan fingerprint density at radius 3 is 2.58 bits per heavy atom. The fourth-order valence-electron chi connectivity index (χ4n) is 1.67. The van der Waals surface area contributed by atoms with Gasteiger partial charge in [0.25, 0.3) is 0 Å². The summed E-state index contributed by atoms with van der Waals surface area (Å²) in [6.07, 6.45) is 3.98. The van der Waals surface area contributed by atoms with Gasteiger partial charge in [-0.25, -0.2) is 13.4 Å². The van der Waals surface area contributed by atoms with Crippen molar-refractivity contribution in [1.82, 2.24) is 9.29 Å². The zero-order valence-corrected chi connectivity index (χ0v) is 12.5.